The van der Waals surface area contributed by atoms with Crippen molar-refractivity contribution in [3.8, 4) is 0 Å². The summed E-state index contributed by atoms with van der Waals surface area (Å²) in [4.78, 5) is 0. The van der Waals surface area contributed by atoms with Crippen LogP contribution in [0, 0.1) is 0 Å². The van der Waals surface area contributed by atoms with Gasteiger partial charge in [0.2, 0.25) is 0 Å². The summed E-state index contributed by atoms with van der Waals surface area (Å²) in [6.07, 6.45) is 8.40. The quantitative estimate of drug-likeness (QED) is 0.796. The molecule has 1 aliphatic carbocycles. The van der Waals surface area contributed by atoms with Gasteiger partial charge in [-0.1, -0.05) is 19.8 Å². The molecule has 1 N–H and O–H groups in total. The molecular weight excluding hydrogens is 174 g/mol. The first-order valence-electron chi connectivity index (χ1n) is 5.68. The Morgan fingerprint density at radius 1 is 1.50 bits per heavy atom. The summed E-state index contributed by atoms with van der Waals surface area (Å²) in [5.41, 5.74) is 0. The molecule has 0 aromatic carbocycles. The van der Waals surface area contributed by atoms with E-state index >= 15 is 0 Å². The molecule has 1 aliphatic rings. The molecule has 3 heteroatoms. The zero-order valence-electron chi connectivity index (χ0n) is 8.87. The molecule has 1 heterocycles. The number of rotatable bonds is 4. The summed E-state index contributed by atoms with van der Waals surface area (Å²) in [7, 11) is 0. The van der Waals surface area contributed by atoms with Gasteiger partial charge in [-0.15, -0.1) is 0 Å². The first-order valence-corrected chi connectivity index (χ1v) is 5.68. The van der Waals surface area contributed by atoms with Crippen LogP contribution in [0.25, 0.3) is 0 Å². The van der Waals surface area contributed by atoms with Gasteiger partial charge in [0, 0.05) is 18.7 Å². The monoisotopic (exact) mass is 193 g/mol. The molecule has 0 amide bonds. The van der Waals surface area contributed by atoms with Crippen molar-refractivity contribution < 1.29 is 0 Å². The molecule has 2 rings (SSSR count). The SMILES string of the molecule is CCCn1nccc1NC1CCCC1. The van der Waals surface area contributed by atoms with Gasteiger partial charge in [-0.2, -0.15) is 5.10 Å². The molecule has 1 saturated carbocycles. The third-order valence-electron chi connectivity index (χ3n) is 2.86. The van der Waals surface area contributed by atoms with Crippen molar-refractivity contribution >= 4 is 5.82 Å². The first-order chi connectivity index (χ1) is 6.90. The number of aryl methyl sites for hydroxylation is 1. The lowest BCUT2D eigenvalue weighted by molar-refractivity contribution is 0.599. The highest BCUT2D eigenvalue weighted by molar-refractivity contribution is 5.35. The van der Waals surface area contributed by atoms with Gasteiger partial charge in [0.15, 0.2) is 0 Å². The van der Waals surface area contributed by atoms with Crippen LogP contribution in [0.1, 0.15) is 39.0 Å². The summed E-state index contributed by atoms with van der Waals surface area (Å²) < 4.78 is 2.07. The number of hydrogen-bond donors (Lipinski definition) is 1. The molecule has 3 nitrogen and oxygen atoms in total. The van der Waals surface area contributed by atoms with Crippen LogP contribution in [0.5, 0.6) is 0 Å². The highest BCUT2D eigenvalue weighted by atomic mass is 15.3. The van der Waals surface area contributed by atoms with Crippen LogP contribution < -0.4 is 5.32 Å². The Kier molecular flexibility index (Phi) is 3.07. The highest BCUT2D eigenvalue weighted by Gasteiger charge is 2.15. The van der Waals surface area contributed by atoms with Crippen molar-refractivity contribution in [1.29, 1.82) is 0 Å². The number of hydrogen-bond acceptors (Lipinski definition) is 2. The van der Waals surface area contributed by atoms with Gasteiger partial charge in [0.1, 0.15) is 5.82 Å². The molecule has 0 bridgehead atoms. The summed E-state index contributed by atoms with van der Waals surface area (Å²) in [6.45, 7) is 3.20. The normalized spacial score (nSPS) is 17.5. The molecule has 0 unspecified atom stereocenters. The second-order valence-corrected chi connectivity index (χ2v) is 4.07. The van der Waals surface area contributed by atoms with Crippen molar-refractivity contribution in [1.82, 2.24) is 9.78 Å². The molecule has 78 valence electrons. The van der Waals surface area contributed by atoms with Crippen LogP contribution in [-0.2, 0) is 6.54 Å². The number of nitrogens with zero attached hydrogens (tertiary/aromatic N) is 2. The fraction of sp³-hybridized carbons (Fsp3) is 0.727. The van der Waals surface area contributed by atoms with Crippen molar-refractivity contribution in [2.75, 3.05) is 5.32 Å². The van der Waals surface area contributed by atoms with Crippen molar-refractivity contribution in [3.05, 3.63) is 12.3 Å². The Morgan fingerprint density at radius 2 is 2.29 bits per heavy atom. The van der Waals surface area contributed by atoms with E-state index in [4.69, 9.17) is 0 Å². The smallest absolute Gasteiger partial charge is 0.124 e. The van der Waals surface area contributed by atoms with E-state index in [1.165, 1.54) is 31.5 Å². The largest absolute Gasteiger partial charge is 0.368 e. The van der Waals surface area contributed by atoms with Crippen LogP contribution in [-0.4, -0.2) is 15.8 Å². The summed E-state index contributed by atoms with van der Waals surface area (Å²) >= 11 is 0. The Bertz CT molecular complexity index is 274. The molecule has 0 radical (unpaired) electrons. The van der Waals surface area contributed by atoms with Gasteiger partial charge >= 0.3 is 0 Å². The van der Waals surface area contributed by atoms with E-state index in [1.807, 2.05) is 6.20 Å². The first kappa shape index (κ1) is 9.56. The molecule has 1 fully saturated rings. The third kappa shape index (κ3) is 2.08. The summed E-state index contributed by atoms with van der Waals surface area (Å²) in [5, 5.41) is 7.88. The van der Waals surface area contributed by atoms with Crippen molar-refractivity contribution in [2.24, 2.45) is 0 Å². The summed E-state index contributed by atoms with van der Waals surface area (Å²) in [5.74, 6) is 1.19. The van der Waals surface area contributed by atoms with Crippen molar-refractivity contribution in [3.63, 3.8) is 0 Å². The second kappa shape index (κ2) is 4.49. The standard InChI is InChI=1S/C11H19N3/c1-2-9-14-11(7-8-12-14)13-10-5-3-4-6-10/h7-8,10,13H,2-6,9H2,1H3. The molecule has 1 aromatic heterocycles. The lowest BCUT2D eigenvalue weighted by atomic mass is 10.2. The zero-order chi connectivity index (χ0) is 9.80. The molecule has 1 aromatic rings. The van der Waals surface area contributed by atoms with Crippen LogP contribution in [0.2, 0.25) is 0 Å². The average Bonchev–Trinajstić information content (AvgIpc) is 2.80. The molecule has 0 aliphatic heterocycles. The molecule has 0 atom stereocenters. The Labute approximate surface area is 85.5 Å². The average molecular weight is 193 g/mol. The van der Waals surface area contributed by atoms with E-state index in [0.29, 0.717) is 6.04 Å². The predicted molar refractivity (Wildman–Crippen MR) is 58.4 cm³/mol. The lowest BCUT2D eigenvalue weighted by Gasteiger charge is -2.14. The van der Waals surface area contributed by atoms with E-state index in [-0.39, 0.29) is 0 Å². The molecular formula is C11H19N3. The minimum atomic E-state index is 0.683. The molecule has 0 spiro atoms. The van der Waals surface area contributed by atoms with Crippen LogP contribution in [0.4, 0.5) is 5.82 Å². The number of nitrogens with one attached hydrogen (secondary N) is 1. The van der Waals surface area contributed by atoms with E-state index in [9.17, 15) is 0 Å². The van der Waals surface area contributed by atoms with E-state index in [2.05, 4.69) is 28.1 Å². The maximum Gasteiger partial charge on any atom is 0.124 e. The van der Waals surface area contributed by atoms with Crippen molar-refractivity contribution in [2.45, 2.75) is 51.6 Å². The zero-order valence-corrected chi connectivity index (χ0v) is 8.87. The minimum absolute atomic E-state index is 0.683. The Morgan fingerprint density at radius 3 is 3.00 bits per heavy atom. The van der Waals surface area contributed by atoms with Gasteiger partial charge in [-0.3, -0.25) is 0 Å². The Balaban J connectivity index is 1.96. The van der Waals surface area contributed by atoms with E-state index in [0.717, 1.165) is 13.0 Å². The van der Waals surface area contributed by atoms with E-state index < -0.39 is 0 Å². The predicted octanol–water partition coefficient (Wildman–Crippen LogP) is 2.65. The fourth-order valence-corrected chi connectivity index (χ4v) is 2.12. The highest BCUT2D eigenvalue weighted by Crippen LogP contribution is 2.22. The van der Waals surface area contributed by atoms with Crippen LogP contribution in [0.3, 0.4) is 0 Å². The Hall–Kier alpha value is -0.990. The van der Waals surface area contributed by atoms with Crippen LogP contribution >= 0.6 is 0 Å². The van der Waals surface area contributed by atoms with Crippen LogP contribution in [0.15, 0.2) is 12.3 Å². The molecule has 0 saturated heterocycles. The van der Waals surface area contributed by atoms with Gasteiger partial charge in [0.05, 0.1) is 6.20 Å². The van der Waals surface area contributed by atoms with Gasteiger partial charge < -0.3 is 5.32 Å². The fourth-order valence-electron chi connectivity index (χ4n) is 2.12. The topological polar surface area (TPSA) is 29.9 Å². The second-order valence-electron chi connectivity index (χ2n) is 4.07. The maximum atomic E-state index is 4.30. The lowest BCUT2D eigenvalue weighted by Crippen LogP contribution is -2.17. The number of aromatic nitrogens is 2. The minimum Gasteiger partial charge on any atom is -0.368 e. The third-order valence-corrected chi connectivity index (χ3v) is 2.86. The molecule has 14 heavy (non-hydrogen) atoms. The van der Waals surface area contributed by atoms with Gasteiger partial charge in [-0.25, -0.2) is 4.68 Å². The van der Waals surface area contributed by atoms with E-state index in [1.54, 1.807) is 0 Å². The maximum absolute atomic E-state index is 4.30. The van der Waals surface area contributed by atoms with Gasteiger partial charge in [0.25, 0.3) is 0 Å². The summed E-state index contributed by atoms with van der Waals surface area (Å²) in [6, 6.07) is 2.76. The number of anilines is 1. The van der Waals surface area contributed by atoms with Gasteiger partial charge in [-0.05, 0) is 19.3 Å².